The summed E-state index contributed by atoms with van der Waals surface area (Å²) in [5, 5.41) is 3.27. The second kappa shape index (κ2) is 9.21. The summed E-state index contributed by atoms with van der Waals surface area (Å²) in [6.45, 7) is 5.38. The first kappa shape index (κ1) is 17.4. The molecule has 0 aromatic heterocycles. The summed E-state index contributed by atoms with van der Waals surface area (Å²) in [6.07, 6.45) is 2.13. The van der Waals surface area contributed by atoms with Gasteiger partial charge in [-0.05, 0) is 57.0 Å². The van der Waals surface area contributed by atoms with Crippen LogP contribution >= 0.6 is 0 Å². The van der Waals surface area contributed by atoms with Crippen molar-refractivity contribution in [2.24, 2.45) is 0 Å². The summed E-state index contributed by atoms with van der Waals surface area (Å²) in [6, 6.07) is 16.9. The van der Waals surface area contributed by atoms with Crippen molar-refractivity contribution in [3.8, 4) is 11.5 Å². The van der Waals surface area contributed by atoms with Crippen molar-refractivity contribution in [2.75, 3.05) is 13.7 Å². The van der Waals surface area contributed by atoms with Crippen molar-refractivity contribution >= 4 is 0 Å². The van der Waals surface area contributed by atoms with Crippen molar-refractivity contribution in [3.05, 3.63) is 59.7 Å². The summed E-state index contributed by atoms with van der Waals surface area (Å²) in [4.78, 5) is 0. The summed E-state index contributed by atoms with van der Waals surface area (Å²) in [5.41, 5.74) is 2.43. The molecule has 0 aliphatic rings. The van der Waals surface area contributed by atoms with Gasteiger partial charge in [-0.3, -0.25) is 0 Å². The number of aryl methyl sites for hydroxylation is 1. The molecule has 1 unspecified atom stereocenters. The van der Waals surface area contributed by atoms with Gasteiger partial charge in [0.1, 0.15) is 6.61 Å². The Labute approximate surface area is 139 Å². The quantitative estimate of drug-likeness (QED) is 0.752. The highest BCUT2D eigenvalue weighted by atomic mass is 16.5. The molecule has 0 amide bonds. The second-order valence-corrected chi connectivity index (χ2v) is 5.72. The van der Waals surface area contributed by atoms with E-state index in [0.29, 0.717) is 19.3 Å². The van der Waals surface area contributed by atoms with Crippen LogP contribution in [0.15, 0.2) is 48.5 Å². The number of hydrogen-bond acceptors (Lipinski definition) is 3. The zero-order valence-corrected chi connectivity index (χ0v) is 14.3. The van der Waals surface area contributed by atoms with Crippen LogP contribution in [-0.4, -0.2) is 19.7 Å². The lowest BCUT2D eigenvalue weighted by Gasteiger charge is -2.14. The molecule has 0 fully saturated rings. The fraction of sp³-hybridized carbons (Fsp3) is 0.400. The molecule has 2 rings (SSSR count). The maximum Gasteiger partial charge on any atom is 0.161 e. The fourth-order valence-electron chi connectivity index (χ4n) is 2.36. The Kier molecular flexibility index (Phi) is 6.95. The molecule has 1 atom stereocenters. The zero-order chi connectivity index (χ0) is 16.5. The van der Waals surface area contributed by atoms with Crippen LogP contribution in [-0.2, 0) is 13.0 Å². The highest BCUT2D eigenvalue weighted by Gasteiger charge is 2.08. The van der Waals surface area contributed by atoms with Crippen molar-refractivity contribution in [3.63, 3.8) is 0 Å². The van der Waals surface area contributed by atoms with Gasteiger partial charge in [0, 0.05) is 6.04 Å². The van der Waals surface area contributed by atoms with Crippen LogP contribution in [0.25, 0.3) is 0 Å². The zero-order valence-electron chi connectivity index (χ0n) is 14.3. The Bertz CT molecular complexity index is 583. The van der Waals surface area contributed by atoms with Crippen molar-refractivity contribution in [2.45, 2.75) is 39.3 Å². The molecule has 0 heterocycles. The lowest BCUT2D eigenvalue weighted by Crippen LogP contribution is -2.21. The first-order valence-electron chi connectivity index (χ1n) is 8.32. The van der Waals surface area contributed by atoms with Gasteiger partial charge in [0.15, 0.2) is 11.5 Å². The summed E-state index contributed by atoms with van der Waals surface area (Å²) < 4.78 is 11.7. The Balaban J connectivity index is 2.03. The first-order chi connectivity index (χ1) is 11.2. The van der Waals surface area contributed by atoms with E-state index < -0.39 is 0 Å². The van der Waals surface area contributed by atoms with E-state index in [1.54, 1.807) is 0 Å². The summed E-state index contributed by atoms with van der Waals surface area (Å²) in [5.74, 6) is 1.64. The molecule has 0 saturated heterocycles. The van der Waals surface area contributed by atoms with Crippen LogP contribution < -0.4 is 14.8 Å². The van der Waals surface area contributed by atoms with Crippen LogP contribution in [0.4, 0.5) is 0 Å². The van der Waals surface area contributed by atoms with Gasteiger partial charge in [0.05, 0.1) is 6.61 Å². The molecule has 0 aliphatic heterocycles. The van der Waals surface area contributed by atoms with Crippen LogP contribution in [0.2, 0.25) is 0 Å². The fourth-order valence-corrected chi connectivity index (χ4v) is 2.36. The molecule has 3 nitrogen and oxygen atoms in total. The van der Waals surface area contributed by atoms with Crippen molar-refractivity contribution < 1.29 is 9.47 Å². The molecule has 124 valence electrons. The number of rotatable bonds is 9. The molecule has 0 aliphatic carbocycles. The number of ether oxygens (including phenoxy) is 2. The van der Waals surface area contributed by atoms with Gasteiger partial charge in [-0.25, -0.2) is 0 Å². The van der Waals surface area contributed by atoms with Gasteiger partial charge in [0.25, 0.3) is 0 Å². The van der Waals surface area contributed by atoms with Crippen LogP contribution in [0.1, 0.15) is 31.4 Å². The molecule has 1 N–H and O–H groups in total. The average Bonchev–Trinajstić information content (AvgIpc) is 2.60. The third-order valence-electron chi connectivity index (χ3n) is 3.90. The van der Waals surface area contributed by atoms with E-state index >= 15 is 0 Å². The topological polar surface area (TPSA) is 30.5 Å². The van der Waals surface area contributed by atoms with E-state index in [-0.39, 0.29) is 0 Å². The van der Waals surface area contributed by atoms with Crippen LogP contribution in [0.5, 0.6) is 11.5 Å². The van der Waals surface area contributed by atoms with Gasteiger partial charge in [0.2, 0.25) is 0 Å². The molecule has 2 aromatic rings. The van der Waals surface area contributed by atoms with E-state index in [9.17, 15) is 0 Å². The van der Waals surface area contributed by atoms with Gasteiger partial charge >= 0.3 is 0 Å². The molecule has 0 bridgehead atoms. The number of benzene rings is 2. The lowest BCUT2D eigenvalue weighted by molar-refractivity contribution is 0.269. The largest absolute Gasteiger partial charge is 0.490 e. The molecular formula is C20H27NO2. The minimum atomic E-state index is 0.513. The lowest BCUT2D eigenvalue weighted by atomic mass is 10.1. The predicted molar refractivity (Wildman–Crippen MR) is 95.2 cm³/mol. The predicted octanol–water partition coefficient (Wildman–Crippen LogP) is 4.20. The van der Waals surface area contributed by atoms with Crippen molar-refractivity contribution in [1.29, 1.82) is 0 Å². The van der Waals surface area contributed by atoms with Gasteiger partial charge in [-0.15, -0.1) is 0 Å². The maximum absolute atomic E-state index is 5.94. The summed E-state index contributed by atoms with van der Waals surface area (Å²) in [7, 11) is 2.00. The van der Waals surface area contributed by atoms with Crippen LogP contribution in [0, 0.1) is 0 Å². The monoisotopic (exact) mass is 313 g/mol. The van der Waals surface area contributed by atoms with Gasteiger partial charge in [-0.1, -0.05) is 36.4 Å². The highest BCUT2D eigenvalue weighted by molar-refractivity contribution is 5.43. The molecule has 3 heteroatoms. The number of nitrogens with one attached hydrogen (secondary N) is 1. The smallest absolute Gasteiger partial charge is 0.161 e. The maximum atomic E-state index is 5.94. The molecule has 2 aromatic carbocycles. The van der Waals surface area contributed by atoms with E-state index in [2.05, 4.69) is 36.5 Å². The highest BCUT2D eigenvalue weighted by Crippen LogP contribution is 2.29. The SMILES string of the molecule is CCOc1cc(CCC(C)NC)ccc1OCc1ccccc1. The van der Waals surface area contributed by atoms with Crippen LogP contribution in [0.3, 0.4) is 0 Å². The van der Waals surface area contributed by atoms with E-state index in [1.165, 1.54) is 5.56 Å². The van der Waals surface area contributed by atoms with Gasteiger partial charge in [-0.2, -0.15) is 0 Å². The third-order valence-corrected chi connectivity index (χ3v) is 3.90. The van der Waals surface area contributed by atoms with E-state index in [0.717, 1.165) is 29.9 Å². The third kappa shape index (κ3) is 5.61. The second-order valence-electron chi connectivity index (χ2n) is 5.72. The molecular weight excluding hydrogens is 286 g/mol. The molecule has 23 heavy (non-hydrogen) atoms. The first-order valence-corrected chi connectivity index (χ1v) is 8.32. The summed E-state index contributed by atoms with van der Waals surface area (Å²) >= 11 is 0. The Morgan fingerprint density at radius 3 is 2.43 bits per heavy atom. The van der Waals surface area contributed by atoms with Crippen molar-refractivity contribution in [1.82, 2.24) is 5.32 Å². The minimum absolute atomic E-state index is 0.513. The number of hydrogen-bond donors (Lipinski definition) is 1. The van der Waals surface area contributed by atoms with E-state index in [1.807, 2.05) is 38.2 Å². The molecule has 0 spiro atoms. The average molecular weight is 313 g/mol. The Morgan fingerprint density at radius 1 is 0.957 bits per heavy atom. The van der Waals surface area contributed by atoms with E-state index in [4.69, 9.17) is 9.47 Å². The Hall–Kier alpha value is -2.00. The minimum Gasteiger partial charge on any atom is -0.490 e. The standard InChI is InChI=1S/C20H27NO2/c1-4-22-20-14-17(11-10-16(2)21-3)12-13-19(20)23-15-18-8-6-5-7-9-18/h5-9,12-14,16,21H,4,10-11,15H2,1-3H3. The molecule has 0 saturated carbocycles. The normalized spacial score (nSPS) is 12.0. The molecule has 0 radical (unpaired) electrons. The van der Waals surface area contributed by atoms with Gasteiger partial charge < -0.3 is 14.8 Å². The Morgan fingerprint density at radius 2 is 1.74 bits per heavy atom.